The normalized spacial score (nSPS) is 16.0. The Labute approximate surface area is 315 Å². The number of hydrogen-bond acceptors (Lipinski definition) is 1. The lowest BCUT2D eigenvalue weighted by Crippen LogP contribution is -1.92. The summed E-state index contributed by atoms with van der Waals surface area (Å²) < 4.78 is 142. The first-order valence-corrected chi connectivity index (χ1v) is 16.4. The fourth-order valence-corrected chi connectivity index (χ4v) is 7.65. The van der Waals surface area contributed by atoms with Crippen LogP contribution in [-0.4, -0.2) is 0 Å². The van der Waals surface area contributed by atoms with Gasteiger partial charge in [0, 0.05) is 10.8 Å². The van der Waals surface area contributed by atoms with Gasteiger partial charge in [-0.05, 0) is 105 Å². The monoisotopic (exact) mass is 661 g/mol. The zero-order chi connectivity index (χ0) is 46.5. The van der Waals surface area contributed by atoms with E-state index in [0.717, 1.165) is 43.6 Å². The Morgan fingerprint density at radius 3 is 1.82 bits per heavy atom. The largest absolute Gasteiger partial charge is 0.456 e. The molecule has 0 spiro atoms. The van der Waals surface area contributed by atoms with E-state index in [1.807, 2.05) is 72.8 Å². The lowest BCUT2D eigenvalue weighted by Gasteiger charge is -2.19. The maximum atomic E-state index is 9.47. The minimum Gasteiger partial charge on any atom is -0.456 e. The number of benzene rings is 10. The highest BCUT2D eigenvalue weighted by Gasteiger charge is 2.20. The van der Waals surface area contributed by atoms with Gasteiger partial charge >= 0.3 is 0 Å². The summed E-state index contributed by atoms with van der Waals surface area (Å²) in [5, 5.41) is 3.65. The molecule has 0 bridgehead atoms. The zero-order valence-corrected chi connectivity index (χ0v) is 26.6. The summed E-state index contributed by atoms with van der Waals surface area (Å²) in [6, 6.07) is 18.9. The first kappa shape index (κ1) is 17.3. The molecule has 11 aromatic rings. The van der Waals surface area contributed by atoms with Crippen molar-refractivity contribution in [3.63, 3.8) is 0 Å². The van der Waals surface area contributed by atoms with E-state index in [1.165, 1.54) is 0 Å². The molecule has 1 aromatic heterocycles. The fourth-order valence-electron chi connectivity index (χ4n) is 7.65. The molecule has 0 saturated heterocycles. The van der Waals surface area contributed by atoms with Gasteiger partial charge in [0.15, 0.2) is 0 Å². The Morgan fingerprint density at radius 1 is 0.353 bits per heavy atom. The molecule has 0 atom stereocenters. The van der Waals surface area contributed by atoms with Crippen molar-refractivity contribution in [2.75, 3.05) is 0 Å². The van der Waals surface area contributed by atoms with E-state index in [0.29, 0.717) is 16.5 Å². The van der Waals surface area contributed by atoms with Gasteiger partial charge < -0.3 is 4.42 Å². The summed E-state index contributed by atoms with van der Waals surface area (Å²) in [6.45, 7) is 0. The van der Waals surface area contributed by atoms with E-state index in [-0.39, 0.29) is 32.7 Å². The van der Waals surface area contributed by atoms with Crippen LogP contribution >= 0.6 is 0 Å². The molecule has 1 nitrogen and oxygen atoms in total. The third-order valence-electron chi connectivity index (χ3n) is 9.78. The van der Waals surface area contributed by atoms with Gasteiger partial charge in [0.05, 0.1) is 20.6 Å². The van der Waals surface area contributed by atoms with Gasteiger partial charge in [-0.15, -0.1) is 0 Å². The van der Waals surface area contributed by atoms with Crippen LogP contribution in [0.5, 0.6) is 0 Å². The summed E-state index contributed by atoms with van der Waals surface area (Å²) in [5.74, 6) is 0. The van der Waals surface area contributed by atoms with Crippen molar-refractivity contribution in [3.8, 4) is 33.4 Å². The molecular formula is C50H30O. The van der Waals surface area contributed by atoms with Crippen molar-refractivity contribution in [1.82, 2.24) is 0 Å². The Morgan fingerprint density at radius 2 is 1.00 bits per heavy atom. The fraction of sp³-hybridized carbons (Fsp3) is 0. The van der Waals surface area contributed by atoms with Crippen LogP contribution in [0.15, 0.2) is 186 Å². The quantitative estimate of drug-likeness (QED) is 0.172. The lowest BCUT2D eigenvalue weighted by atomic mass is 9.84. The number of hydrogen-bond donors (Lipinski definition) is 0. The van der Waals surface area contributed by atoms with Crippen molar-refractivity contribution in [1.29, 1.82) is 0 Å². The van der Waals surface area contributed by atoms with Crippen LogP contribution in [0.25, 0.3) is 109 Å². The number of rotatable bonds is 3. The lowest BCUT2D eigenvalue weighted by molar-refractivity contribution is 0.669. The first-order chi connectivity index (χ1) is 31.5. The molecule has 0 fully saturated rings. The van der Waals surface area contributed by atoms with Crippen LogP contribution in [0.1, 0.15) is 20.6 Å². The van der Waals surface area contributed by atoms with Crippen molar-refractivity contribution in [2.45, 2.75) is 0 Å². The molecule has 0 N–H and O–H groups in total. The highest BCUT2D eigenvalue weighted by Crippen LogP contribution is 2.47. The van der Waals surface area contributed by atoms with Crippen molar-refractivity contribution >= 4 is 75.8 Å². The second-order valence-corrected chi connectivity index (χ2v) is 12.4. The third kappa shape index (κ3) is 4.16. The summed E-state index contributed by atoms with van der Waals surface area (Å²) in [4.78, 5) is 0. The van der Waals surface area contributed by atoms with Gasteiger partial charge in [0.2, 0.25) is 0 Å². The van der Waals surface area contributed by atoms with Gasteiger partial charge in [-0.3, -0.25) is 0 Å². The van der Waals surface area contributed by atoms with Crippen LogP contribution < -0.4 is 0 Å². The second kappa shape index (κ2) is 10.9. The van der Waals surface area contributed by atoms with E-state index in [9.17, 15) is 6.85 Å². The molecule has 1 heterocycles. The predicted octanol–water partition coefficient (Wildman–Crippen LogP) is 14.4. The third-order valence-corrected chi connectivity index (χ3v) is 9.78. The second-order valence-electron chi connectivity index (χ2n) is 12.4. The first-order valence-electron chi connectivity index (χ1n) is 23.9. The van der Waals surface area contributed by atoms with Crippen LogP contribution in [0.4, 0.5) is 0 Å². The Hall–Kier alpha value is -6.70. The van der Waals surface area contributed by atoms with Crippen LogP contribution in [0.3, 0.4) is 0 Å². The number of furan rings is 1. The Balaban J connectivity index is 1.30. The van der Waals surface area contributed by atoms with Crippen molar-refractivity contribution in [2.24, 2.45) is 0 Å². The molecule has 0 amide bonds. The van der Waals surface area contributed by atoms with Gasteiger partial charge in [-0.25, -0.2) is 0 Å². The van der Waals surface area contributed by atoms with Gasteiger partial charge in [-0.2, -0.15) is 0 Å². The average molecular weight is 662 g/mol. The van der Waals surface area contributed by atoms with Gasteiger partial charge in [0.1, 0.15) is 11.2 Å². The summed E-state index contributed by atoms with van der Waals surface area (Å²) in [5.41, 5.74) is 2.75. The minimum atomic E-state index is -0.757. The van der Waals surface area contributed by atoms with E-state index in [2.05, 4.69) is 6.07 Å². The molecule has 1 heteroatoms. The van der Waals surface area contributed by atoms with Crippen LogP contribution in [-0.2, 0) is 0 Å². The maximum Gasteiger partial charge on any atom is 0.136 e. The molecule has 0 aliphatic carbocycles. The van der Waals surface area contributed by atoms with Crippen molar-refractivity contribution < 1.29 is 25.0 Å². The SMILES string of the molecule is [2H]c1c([2H])c([2H])c2c(-c3c4c([2H])c([2H])c([2H])c([2H])c4c(-c4ccc5c(-c6cccc7oc8ccc9ccccc9c8c67)cccc5c4)c4c([2H])c([2H])c([2H])c([2H])c34)c([2H])c([2H])c([2H])c2c1[2H]. The topological polar surface area (TPSA) is 13.1 Å². The van der Waals surface area contributed by atoms with E-state index < -0.39 is 107 Å². The molecule has 10 aromatic carbocycles. The minimum absolute atomic E-state index is 0.0328. The summed E-state index contributed by atoms with van der Waals surface area (Å²) >= 11 is 0. The molecule has 0 radical (unpaired) electrons. The van der Waals surface area contributed by atoms with Crippen LogP contribution in [0, 0.1) is 0 Å². The standard InChI is InChI=1S/C50H30O/c1-3-16-35-31(12-1)14-9-23-39(35)48-43-20-7-5-18-41(43)47(42-19-6-8-21-44(42)48)34-26-28-36-33(30-34)15-10-22-38(36)40-24-11-25-45-50(40)49-37-17-4-2-13-32(37)27-29-46(49)51-45/h1-30H/i1D,3D,5D,6D,7D,8D,9D,12D,14D,16D,18D,19D,20D,21D,23D. The molecule has 0 aliphatic rings. The van der Waals surface area contributed by atoms with E-state index in [4.69, 9.17) is 18.1 Å². The molecular weight excluding hydrogens is 617 g/mol. The molecule has 0 saturated carbocycles. The highest BCUT2D eigenvalue weighted by molar-refractivity contribution is 6.25. The summed E-state index contributed by atoms with van der Waals surface area (Å²) in [6.07, 6.45) is 0. The summed E-state index contributed by atoms with van der Waals surface area (Å²) in [7, 11) is 0. The molecule has 51 heavy (non-hydrogen) atoms. The molecule has 0 aliphatic heterocycles. The zero-order valence-electron chi connectivity index (χ0n) is 41.6. The van der Waals surface area contributed by atoms with Crippen LogP contribution in [0.2, 0.25) is 0 Å². The van der Waals surface area contributed by atoms with Gasteiger partial charge in [-0.1, -0.05) is 163 Å². The molecule has 236 valence electrons. The van der Waals surface area contributed by atoms with Crippen molar-refractivity contribution in [3.05, 3.63) is 182 Å². The van der Waals surface area contributed by atoms with Gasteiger partial charge in [0.25, 0.3) is 0 Å². The number of fused-ring (bicyclic) bond motifs is 9. The highest BCUT2D eigenvalue weighted by atomic mass is 16.3. The smallest absolute Gasteiger partial charge is 0.136 e. The predicted molar refractivity (Wildman–Crippen MR) is 218 cm³/mol. The maximum absolute atomic E-state index is 9.47. The molecule has 0 unspecified atom stereocenters. The molecule has 11 rings (SSSR count). The average Bonchev–Trinajstić information content (AvgIpc) is 3.72. The Bertz CT molecular complexity index is 3970. The van der Waals surface area contributed by atoms with E-state index >= 15 is 0 Å². The Kier molecular flexibility index (Phi) is 3.70. The van der Waals surface area contributed by atoms with E-state index in [1.54, 1.807) is 12.1 Å².